The van der Waals surface area contributed by atoms with Gasteiger partial charge in [-0.05, 0) is 12.5 Å². The molecule has 2 saturated heterocycles. The quantitative estimate of drug-likeness (QED) is 0.799. The lowest BCUT2D eigenvalue weighted by molar-refractivity contribution is -0.121. The maximum atomic E-state index is 12.4. The third-order valence-electron chi connectivity index (χ3n) is 5.08. The van der Waals surface area contributed by atoms with Crippen molar-refractivity contribution in [3.63, 3.8) is 0 Å². The standard InChI is InChI=1S/C19H28N2O4/c1-23-18-5-3-2-4-15(18)12-19(22)20-13-17(16-6-9-25-14-16)21-7-10-24-11-8-21/h2-5,16-17H,6-14H2,1H3,(H,20,22). The van der Waals surface area contributed by atoms with Crippen molar-refractivity contribution in [2.24, 2.45) is 5.92 Å². The summed E-state index contributed by atoms with van der Waals surface area (Å²) in [4.78, 5) is 14.9. The van der Waals surface area contributed by atoms with E-state index in [9.17, 15) is 4.79 Å². The Morgan fingerprint density at radius 3 is 2.80 bits per heavy atom. The molecule has 2 fully saturated rings. The van der Waals surface area contributed by atoms with Gasteiger partial charge in [-0.1, -0.05) is 18.2 Å². The molecule has 2 aliphatic heterocycles. The molecule has 0 aromatic heterocycles. The summed E-state index contributed by atoms with van der Waals surface area (Å²) in [6.45, 7) is 5.62. The van der Waals surface area contributed by atoms with Crippen LogP contribution < -0.4 is 10.1 Å². The van der Waals surface area contributed by atoms with E-state index >= 15 is 0 Å². The highest BCUT2D eigenvalue weighted by molar-refractivity contribution is 5.79. The second-order valence-corrected chi connectivity index (χ2v) is 6.63. The lowest BCUT2D eigenvalue weighted by Gasteiger charge is -2.37. The van der Waals surface area contributed by atoms with Gasteiger partial charge in [0.1, 0.15) is 5.75 Å². The largest absolute Gasteiger partial charge is 0.496 e. The molecule has 2 atom stereocenters. The minimum atomic E-state index is 0.0293. The van der Waals surface area contributed by atoms with Crippen molar-refractivity contribution in [1.29, 1.82) is 0 Å². The first-order valence-corrected chi connectivity index (χ1v) is 9.06. The number of methoxy groups -OCH3 is 1. The van der Waals surface area contributed by atoms with Crippen molar-refractivity contribution in [1.82, 2.24) is 10.2 Å². The van der Waals surface area contributed by atoms with Gasteiger partial charge in [-0.25, -0.2) is 0 Å². The summed E-state index contributed by atoms with van der Waals surface area (Å²) in [5.74, 6) is 1.26. The van der Waals surface area contributed by atoms with Gasteiger partial charge in [0, 0.05) is 43.8 Å². The van der Waals surface area contributed by atoms with Crippen molar-refractivity contribution in [3.8, 4) is 5.75 Å². The highest BCUT2D eigenvalue weighted by atomic mass is 16.5. The SMILES string of the molecule is COc1ccccc1CC(=O)NCC(C1CCOC1)N1CCOCC1. The minimum absolute atomic E-state index is 0.0293. The lowest BCUT2D eigenvalue weighted by atomic mass is 9.96. The van der Waals surface area contributed by atoms with Gasteiger partial charge >= 0.3 is 0 Å². The molecule has 6 heteroatoms. The summed E-state index contributed by atoms with van der Waals surface area (Å²) in [6.07, 6.45) is 1.39. The molecule has 2 aliphatic rings. The summed E-state index contributed by atoms with van der Waals surface area (Å²) >= 11 is 0. The van der Waals surface area contributed by atoms with Crippen molar-refractivity contribution in [2.45, 2.75) is 18.9 Å². The number of morpholine rings is 1. The first kappa shape index (κ1) is 18.2. The van der Waals surface area contributed by atoms with Crippen molar-refractivity contribution in [2.75, 3.05) is 53.2 Å². The van der Waals surface area contributed by atoms with E-state index in [-0.39, 0.29) is 5.91 Å². The van der Waals surface area contributed by atoms with Crippen LogP contribution in [-0.4, -0.2) is 70.0 Å². The van der Waals surface area contributed by atoms with Crippen LogP contribution in [0.15, 0.2) is 24.3 Å². The average Bonchev–Trinajstić information content (AvgIpc) is 3.18. The van der Waals surface area contributed by atoms with Crippen LogP contribution in [0.5, 0.6) is 5.75 Å². The number of amides is 1. The van der Waals surface area contributed by atoms with E-state index < -0.39 is 0 Å². The summed E-state index contributed by atoms with van der Waals surface area (Å²) in [7, 11) is 1.63. The molecular weight excluding hydrogens is 320 g/mol. The number of benzene rings is 1. The Hall–Kier alpha value is -1.63. The number of nitrogens with one attached hydrogen (secondary N) is 1. The van der Waals surface area contributed by atoms with Gasteiger partial charge in [0.05, 0.1) is 33.4 Å². The Morgan fingerprint density at radius 1 is 1.28 bits per heavy atom. The van der Waals surface area contributed by atoms with Crippen LogP contribution in [0.25, 0.3) is 0 Å². The molecular formula is C19H28N2O4. The summed E-state index contributed by atoms with van der Waals surface area (Å²) in [6, 6.07) is 7.97. The van der Waals surface area contributed by atoms with Gasteiger partial charge in [0.2, 0.25) is 5.91 Å². The van der Waals surface area contributed by atoms with Crippen LogP contribution in [0.4, 0.5) is 0 Å². The molecule has 1 N–H and O–H groups in total. The zero-order valence-corrected chi connectivity index (χ0v) is 14.9. The fourth-order valence-electron chi connectivity index (χ4n) is 3.66. The molecule has 1 aromatic carbocycles. The molecule has 2 unspecified atom stereocenters. The summed E-state index contributed by atoms with van der Waals surface area (Å²) in [5, 5.41) is 3.12. The first-order valence-electron chi connectivity index (χ1n) is 9.06. The van der Waals surface area contributed by atoms with E-state index in [1.165, 1.54) is 0 Å². The minimum Gasteiger partial charge on any atom is -0.496 e. The predicted octanol–water partition coefficient (Wildman–Crippen LogP) is 1.09. The topological polar surface area (TPSA) is 60.0 Å². The Balaban J connectivity index is 1.57. The first-order chi connectivity index (χ1) is 12.3. The van der Waals surface area contributed by atoms with Crippen molar-refractivity contribution < 1.29 is 19.0 Å². The summed E-state index contributed by atoms with van der Waals surface area (Å²) in [5.41, 5.74) is 0.912. The zero-order valence-electron chi connectivity index (χ0n) is 14.9. The molecule has 0 radical (unpaired) electrons. The number of para-hydroxylation sites is 1. The van der Waals surface area contributed by atoms with Crippen LogP contribution in [0.2, 0.25) is 0 Å². The monoisotopic (exact) mass is 348 g/mol. The Morgan fingerprint density at radius 2 is 2.08 bits per heavy atom. The molecule has 6 nitrogen and oxygen atoms in total. The molecule has 0 saturated carbocycles. The second kappa shape index (κ2) is 9.17. The maximum Gasteiger partial charge on any atom is 0.224 e. The third-order valence-corrected chi connectivity index (χ3v) is 5.08. The molecule has 25 heavy (non-hydrogen) atoms. The Bertz CT molecular complexity index is 554. The molecule has 1 aromatic rings. The number of carbonyl (C=O) groups excluding carboxylic acids is 1. The van der Waals surface area contributed by atoms with E-state index in [0.29, 0.717) is 24.9 Å². The number of ether oxygens (including phenoxy) is 3. The Labute approximate surface area is 149 Å². The van der Waals surface area contributed by atoms with Crippen molar-refractivity contribution >= 4 is 5.91 Å². The van der Waals surface area contributed by atoms with Gasteiger partial charge in [0.25, 0.3) is 0 Å². The highest BCUT2D eigenvalue weighted by Gasteiger charge is 2.31. The fraction of sp³-hybridized carbons (Fsp3) is 0.632. The van der Waals surface area contributed by atoms with Crippen LogP contribution in [0.1, 0.15) is 12.0 Å². The van der Waals surface area contributed by atoms with Gasteiger partial charge in [0.15, 0.2) is 0 Å². The Kier molecular flexibility index (Phi) is 6.67. The van der Waals surface area contributed by atoms with E-state index in [0.717, 1.165) is 57.3 Å². The molecule has 1 amide bonds. The fourth-order valence-corrected chi connectivity index (χ4v) is 3.66. The van der Waals surface area contributed by atoms with Crippen LogP contribution in [-0.2, 0) is 20.7 Å². The second-order valence-electron chi connectivity index (χ2n) is 6.63. The lowest BCUT2D eigenvalue weighted by Crippen LogP contribution is -2.52. The molecule has 138 valence electrons. The van der Waals surface area contributed by atoms with Crippen LogP contribution in [0, 0.1) is 5.92 Å². The van der Waals surface area contributed by atoms with E-state index in [1.807, 2.05) is 24.3 Å². The van der Waals surface area contributed by atoms with Crippen LogP contribution in [0.3, 0.4) is 0 Å². The number of carbonyl (C=O) groups is 1. The van der Waals surface area contributed by atoms with Crippen LogP contribution >= 0.6 is 0 Å². The normalized spacial score (nSPS) is 22.5. The maximum absolute atomic E-state index is 12.4. The van der Waals surface area contributed by atoms with Gasteiger partial charge < -0.3 is 19.5 Å². The number of nitrogens with zero attached hydrogens (tertiary/aromatic N) is 1. The van der Waals surface area contributed by atoms with E-state index in [1.54, 1.807) is 7.11 Å². The number of hydrogen-bond donors (Lipinski definition) is 1. The van der Waals surface area contributed by atoms with Gasteiger partial charge in [-0.2, -0.15) is 0 Å². The summed E-state index contributed by atoms with van der Waals surface area (Å²) < 4.78 is 16.4. The van der Waals surface area contributed by atoms with Gasteiger partial charge in [-0.15, -0.1) is 0 Å². The molecule has 2 heterocycles. The van der Waals surface area contributed by atoms with E-state index in [2.05, 4.69) is 10.2 Å². The molecule has 3 rings (SSSR count). The third kappa shape index (κ3) is 4.93. The predicted molar refractivity (Wildman–Crippen MR) is 94.8 cm³/mol. The number of rotatable bonds is 7. The molecule has 0 aliphatic carbocycles. The van der Waals surface area contributed by atoms with Crippen molar-refractivity contribution in [3.05, 3.63) is 29.8 Å². The zero-order chi connectivity index (χ0) is 17.5. The molecule has 0 spiro atoms. The van der Waals surface area contributed by atoms with E-state index in [4.69, 9.17) is 14.2 Å². The van der Waals surface area contributed by atoms with Gasteiger partial charge in [-0.3, -0.25) is 9.69 Å². The molecule has 0 bridgehead atoms. The average molecular weight is 348 g/mol. The smallest absolute Gasteiger partial charge is 0.224 e. The number of hydrogen-bond acceptors (Lipinski definition) is 5. The highest BCUT2D eigenvalue weighted by Crippen LogP contribution is 2.22.